The van der Waals surface area contributed by atoms with E-state index >= 15 is 0 Å². The lowest BCUT2D eigenvalue weighted by atomic mass is 10.0. The van der Waals surface area contributed by atoms with Crippen LogP contribution in [0.4, 0.5) is 0 Å². The quantitative estimate of drug-likeness (QED) is 0.840. The Morgan fingerprint density at radius 1 is 1.50 bits per heavy atom. The summed E-state index contributed by atoms with van der Waals surface area (Å²) in [5.41, 5.74) is 8.03. The number of ether oxygens (including phenoxy) is 2. The van der Waals surface area contributed by atoms with Gasteiger partial charge in [0, 0.05) is 16.1 Å². The molecular formula is C10H12BrNO2. The van der Waals surface area contributed by atoms with E-state index in [1.807, 2.05) is 19.1 Å². The fraction of sp³-hybridized carbons (Fsp3) is 0.400. The zero-order chi connectivity index (χ0) is 10.1. The first kappa shape index (κ1) is 9.96. The molecule has 2 rings (SSSR count). The molecule has 0 aromatic heterocycles. The second kappa shape index (κ2) is 3.88. The van der Waals surface area contributed by atoms with E-state index in [0.29, 0.717) is 13.4 Å². The molecule has 1 aliphatic heterocycles. The van der Waals surface area contributed by atoms with Crippen LogP contribution in [0.1, 0.15) is 24.1 Å². The third kappa shape index (κ3) is 1.65. The van der Waals surface area contributed by atoms with Gasteiger partial charge in [0.15, 0.2) is 6.79 Å². The molecule has 1 unspecified atom stereocenters. The Morgan fingerprint density at radius 2 is 2.29 bits per heavy atom. The van der Waals surface area contributed by atoms with Crippen molar-refractivity contribution in [1.82, 2.24) is 0 Å². The predicted octanol–water partition coefficient (Wildman–Crippen LogP) is 2.34. The van der Waals surface area contributed by atoms with E-state index in [4.69, 9.17) is 15.2 Å². The first-order chi connectivity index (χ1) is 6.70. The van der Waals surface area contributed by atoms with Gasteiger partial charge in [-0.25, -0.2) is 0 Å². The molecule has 14 heavy (non-hydrogen) atoms. The summed E-state index contributed by atoms with van der Waals surface area (Å²) in [6.45, 7) is 2.85. The molecule has 1 heterocycles. The lowest BCUT2D eigenvalue weighted by Crippen LogP contribution is -2.17. The number of fused-ring (bicyclic) bond motifs is 1. The third-order valence-corrected chi connectivity index (χ3v) is 2.95. The van der Waals surface area contributed by atoms with Crippen LogP contribution in [0, 0.1) is 0 Å². The fourth-order valence-electron chi connectivity index (χ4n) is 1.64. The molecule has 1 atom stereocenters. The highest BCUT2D eigenvalue weighted by atomic mass is 79.9. The molecule has 3 nitrogen and oxygen atoms in total. The summed E-state index contributed by atoms with van der Waals surface area (Å²) in [6.07, 6.45) is 0. The van der Waals surface area contributed by atoms with Gasteiger partial charge in [0.25, 0.3) is 0 Å². The van der Waals surface area contributed by atoms with Crippen molar-refractivity contribution in [2.75, 3.05) is 6.79 Å². The number of hydrogen-bond donors (Lipinski definition) is 1. The molecule has 76 valence electrons. The maximum Gasteiger partial charge on any atom is 0.189 e. The molecule has 0 bridgehead atoms. The van der Waals surface area contributed by atoms with Crippen molar-refractivity contribution in [3.8, 4) is 5.75 Å². The summed E-state index contributed by atoms with van der Waals surface area (Å²) in [7, 11) is 0. The van der Waals surface area contributed by atoms with Crippen LogP contribution < -0.4 is 10.5 Å². The van der Waals surface area contributed by atoms with E-state index in [1.54, 1.807) is 0 Å². The molecule has 0 amide bonds. The summed E-state index contributed by atoms with van der Waals surface area (Å²) in [5.74, 6) is 0.881. The summed E-state index contributed by atoms with van der Waals surface area (Å²) in [5, 5.41) is 0. The SMILES string of the molecule is CC(N)c1c(Br)ccc2c1COCO2. The minimum absolute atomic E-state index is 0.0235. The number of halogens is 1. The summed E-state index contributed by atoms with van der Waals surface area (Å²) >= 11 is 3.48. The van der Waals surface area contributed by atoms with Crippen molar-refractivity contribution in [3.63, 3.8) is 0 Å². The lowest BCUT2D eigenvalue weighted by molar-refractivity contribution is -0.0170. The van der Waals surface area contributed by atoms with Crippen LogP contribution in [0.15, 0.2) is 16.6 Å². The van der Waals surface area contributed by atoms with Gasteiger partial charge in [-0.1, -0.05) is 15.9 Å². The number of hydrogen-bond acceptors (Lipinski definition) is 3. The van der Waals surface area contributed by atoms with Crippen LogP contribution >= 0.6 is 15.9 Å². The van der Waals surface area contributed by atoms with E-state index in [-0.39, 0.29) is 6.04 Å². The molecule has 2 N–H and O–H groups in total. The summed E-state index contributed by atoms with van der Waals surface area (Å²) in [4.78, 5) is 0. The van der Waals surface area contributed by atoms with Gasteiger partial charge in [0.05, 0.1) is 6.61 Å². The van der Waals surface area contributed by atoms with Gasteiger partial charge in [0.2, 0.25) is 0 Å². The molecule has 0 aliphatic carbocycles. The van der Waals surface area contributed by atoms with Crippen molar-refractivity contribution >= 4 is 15.9 Å². The molecule has 0 saturated carbocycles. The van der Waals surface area contributed by atoms with Crippen LogP contribution in [0.3, 0.4) is 0 Å². The lowest BCUT2D eigenvalue weighted by Gasteiger charge is -2.23. The smallest absolute Gasteiger partial charge is 0.189 e. The third-order valence-electron chi connectivity index (χ3n) is 2.26. The molecule has 0 fully saturated rings. The van der Waals surface area contributed by atoms with Crippen LogP contribution in [-0.2, 0) is 11.3 Å². The van der Waals surface area contributed by atoms with Gasteiger partial charge in [-0.15, -0.1) is 0 Å². The molecule has 1 aromatic carbocycles. The first-order valence-corrected chi connectivity index (χ1v) is 5.27. The monoisotopic (exact) mass is 257 g/mol. The van der Waals surface area contributed by atoms with E-state index < -0.39 is 0 Å². The highest BCUT2D eigenvalue weighted by Crippen LogP contribution is 2.34. The topological polar surface area (TPSA) is 44.5 Å². The van der Waals surface area contributed by atoms with Crippen molar-refractivity contribution in [3.05, 3.63) is 27.7 Å². The normalized spacial score (nSPS) is 17.1. The van der Waals surface area contributed by atoms with Gasteiger partial charge < -0.3 is 15.2 Å². The van der Waals surface area contributed by atoms with E-state index in [9.17, 15) is 0 Å². The van der Waals surface area contributed by atoms with Crippen molar-refractivity contribution < 1.29 is 9.47 Å². The number of benzene rings is 1. The van der Waals surface area contributed by atoms with E-state index in [0.717, 1.165) is 21.3 Å². The highest BCUT2D eigenvalue weighted by molar-refractivity contribution is 9.10. The average Bonchev–Trinajstić information content (AvgIpc) is 2.17. The minimum Gasteiger partial charge on any atom is -0.467 e. The van der Waals surface area contributed by atoms with Crippen LogP contribution in [0.25, 0.3) is 0 Å². The summed E-state index contributed by atoms with van der Waals surface area (Å²) in [6, 6.07) is 3.88. The second-order valence-electron chi connectivity index (χ2n) is 3.34. The summed E-state index contributed by atoms with van der Waals surface area (Å²) < 4.78 is 11.6. The van der Waals surface area contributed by atoms with E-state index in [1.165, 1.54) is 0 Å². The molecule has 1 aliphatic rings. The maximum atomic E-state index is 5.90. The molecule has 4 heteroatoms. The average molecular weight is 258 g/mol. The largest absolute Gasteiger partial charge is 0.467 e. The van der Waals surface area contributed by atoms with Gasteiger partial charge in [-0.3, -0.25) is 0 Å². The van der Waals surface area contributed by atoms with Crippen molar-refractivity contribution in [2.24, 2.45) is 5.73 Å². The highest BCUT2D eigenvalue weighted by Gasteiger charge is 2.19. The number of rotatable bonds is 1. The predicted molar refractivity (Wildman–Crippen MR) is 57.0 cm³/mol. The van der Waals surface area contributed by atoms with Crippen LogP contribution in [-0.4, -0.2) is 6.79 Å². The maximum absolute atomic E-state index is 5.90. The van der Waals surface area contributed by atoms with Crippen LogP contribution in [0.2, 0.25) is 0 Å². The van der Waals surface area contributed by atoms with Gasteiger partial charge in [-0.2, -0.15) is 0 Å². The van der Waals surface area contributed by atoms with Gasteiger partial charge in [-0.05, 0) is 24.6 Å². The van der Waals surface area contributed by atoms with Crippen LogP contribution in [0.5, 0.6) is 5.75 Å². The standard InChI is InChI=1S/C10H12BrNO2/c1-6(12)10-7-4-13-5-14-9(7)3-2-8(10)11/h2-3,6H,4-5,12H2,1H3. The molecule has 0 saturated heterocycles. The Morgan fingerprint density at radius 3 is 3.00 bits per heavy atom. The zero-order valence-corrected chi connectivity index (χ0v) is 9.50. The zero-order valence-electron chi connectivity index (χ0n) is 7.92. The Hall–Kier alpha value is -0.580. The molecular weight excluding hydrogens is 246 g/mol. The minimum atomic E-state index is -0.0235. The number of nitrogens with two attached hydrogens (primary N) is 1. The van der Waals surface area contributed by atoms with Gasteiger partial charge >= 0.3 is 0 Å². The second-order valence-corrected chi connectivity index (χ2v) is 4.19. The molecule has 1 aromatic rings. The Kier molecular flexibility index (Phi) is 2.76. The Balaban J connectivity index is 2.55. The molecule has 0 spiro atoms. The fourth-order valence-corrected chi connectivity index (χ4v) is 2.37. The molecule has 0 radical (unpaired) electrons. The van der Waals surface area contributed by atoms with Crippen molar-refractivity contribution in [2.45, 2.75) is 19.6 Å². The van der Waals surface area contributed by atoms with Crippen molar-refractivity contribution in [1.29, 1.82) is 0 Å². The first-order valence-electron chi connectivity index (χ1n) is 4.47. The van der Waals surface area contributed by atoms with Gasteiger partial charge in [0.1, 0.15) is 5.75 Å². The Bertz CT molecular complexity index is 352. The van der Waals surface area contributed by atoms with E-state index in [2.05, 4.69) is 15.9 Å². The Labute approximate surface area is 91.3 Å².